The summed E-state index contributed by atoms with van der Waals surface area (Å²) < 4.78 is 49.0. The fourth-order valence-electron chi connectivity index (χ4n) is 1.20. The lowest BCUT2D eigenvalue weighted by molar-refractivity contribution is 0.153. The predicted octanol–water partition coefficient (Wildman–Crippen LogP) is 2.10. The highest BCUT2D eigenvalue weighted by Gasteiger charge is 2.18. The minimum absolute atomic E-state index is 0.119. The highest BCUT2D eigenvalue weighted by atomic mass is 35.5. The Hall–Kier alpha value is -0.990. The van der Waals surface area contributed by atoms with Gasteiger partial charge in [-0.15, -0.1) is 0 Å². The topological polar surface area (TPSA) is 71.1 Å². The molecule has 0 saturated heterocycles. The van der Waals surface area contributed by atoms with Crippen molar-refractivity contribution in [3.63, 3.8) is 0 Å². The molecular formula is C10H14ClF2N3O2S. The number of anilines is 1. The molecule has 0 radical (unpaired) electrons. The number of sulfonamides is 1. The van der Waals surface area contributed by atoms with Gasteiger partial charge < -0.3 is 5.32 Å². The lowest BCUT2D eigenvalue weighted by Crippen LogP contribution is -2.28. The second-order valence-electron chi connectivity index (χ2n) is 3.67. The van der Waals surface area contributed by atoms with Crippen LogP contribution < -0.4 is 10.0 Å². The fraction of sp³-hybridized carbons (Fsp3) is 0.500. The molecule has 1 aromatic rings. The smallest absolute Gasteiger partial charge is 0.251 e. The Labute approximate surface area is 115 Å². The Morgan fingerprint density at radius 2 is 2.16 bits per heavy atom. The van der Waals surface area contributed by atoms with E-state index in [0.29, 0.717) is 12.4 Å². The van der Waals surface area contributed by atoms with Gasteiger partial charge in [-0.05, 0) is 12.5 Å². The number of rotatable bonds is 7. The summed E-state index contributed by atoms with van der Waals surface area (Å²) in [6.07, 6.45) is -0.838. The first-order chi connectivity index (χ1) is 8.86. The molecule has 1 aromatic heterocycles. The van der Waals surface area contributed by atoms with E-state index >= 15 is 0 Å². The number of nitrogens with zero attached hydrogens (tertiary/aromatic N) is 1. The van der Waals surface area contributed by atoms with Crippen molar-refractivity contribution in [2.45, 2.75) is 24.7 Å². The molecule has 0 bridgehead atoms. The van der Waals surface area contributed by atoms with E-state index in [0.717, 1.165) is 12.6 Å². The lowest BCUT2D eigenvalue weighted by Gasteiger charge is -2.09. The molecule has 1 rings (SSSR count). The summed E-state index contributed by atoms with van der Waals surface area (Å²) in [5.41, 5.74) is 0. The third kappa shape index (κ3) is 4.88. The molecule has 0 unspecified atom stereocenters. The second kappa shape index (κ2) is 6.97. The fourth-order valence-corrected chi connectivity index (χ4v) is 2.47. The molecular weight excluding hydrogens is 300 g/mol. The monoisotopic (exact) mass is 313 g/mol. The summed E-state index contributed by atoms with van der Waals surface area (Å²) in [6, 6.07) is 1.17. The maximum atomic E-state index is 12.0. The molecule has 0 aliphatic rings. The van der Waals surface area contributed by atoms with Crippen molar-refractivity contribution in [1.29, 1.82) is 0 Å². The van der Waals surface area contributed by atoms with Gasteiger partial charge in [0, 0.05) is 12.7 Å². The van der Waals surface area contributed by atoms with Crippen molar-refractivity contribution in [2.24, 2.45) is 0 Å². The summed E-state index contributed by atoms with van der Waals surface area (Å²) in [5.74, 6) is 0.358. The molecule has 0 aliphatic carbocycles. The van der Waals surface area contributed by atoms with Gasteiger partial charge in [0.15, 0.2) is 0 Å². The van der Waals surface area contributed by atoms with Crippen molar-refractivity contribution < 1.29 is 17.2 Å². The molecule has 5 nitrogen and oxygen atoms in total. The van der Waals surface area contributed by atoms with Crippen molar-refractivity contribution >= 4 is 27.4 Å². The van der Waals surface area contributed by atoms with Crippen LogP contribution in [-0.2, 0) is 10.0 Å². The summed E-state index contributed by atoms with van der Waals surface area (Å²) in [7, 11) is -4.02. The van der Waals surface area contributed by atoms with E-state index in [-0.39, 0.29) is 9.92 Å². The molecule has 108 valence electrons. The number of hydrogen-bond donors (Lipinski definition) is 2. The molecule has 9 heteroatoms. The van der Waals surface area contributed by atoms with Crippen LogP contribution in [0.4, 0.5) is 14.6 Å². The van der Waals surface area contributed by atoms with Gasteiger partial charge in [-0.1, -0.05) is 18.5 Å². The van der Waals surface area contributed by atoms with Gasteiger partial charge in [0.2, 0.25) is 10.0 Å². The summed E-state index contributed by atoms with van der Waals surface area (Å²) in [5, 5.41) is 3.03. The number of nitrogens with one attached hydrogen (secondary N) is 2. The molecule has 19 heavy (non-hydrogen) atoms. The van der Waals surface area contributed by atoms with E-state index in [2.05, 4.69) is 10.3 Å². The van der Waals surface area contributed by atoms with Crippen LogP contribution in [-0.4, -0.2) is 32.9 Å². The maximum absolute atomic E-state index is 12.0. The summed E-state index contributed by atoms with van der Waals surface area (Å²) in [4.78, 5) is 3.61. The molecule has 0 fully saturated rings. The average molecular weight is 314 g/mol. The van der Waals surface area contributed by atoms with Gasteiger partial charge in [-0.25, -0.2) is 26.9 Å². The Morgan fingerprint density at radius 3 is 2.68 bits per heavy atom. The van der Waals surface area contributed by atoms with Gasteiger partial charge >= 0.3 is 0 Å². The number of halogens is 3. The van der Waals surface area contributed by atoms with Gasteiger partial charge in [-0.2, -0.15) is 0 Å². The van der Waals surface area contributed by atoms with E-state index in [4.69, 9.17) is 11.6 Å². The van der Waals surface area contributed by atoms with Gasteiger partial charge in [0.1, 0.15) is 10.7 Å². The predicted molar refractivity (Wildman–Crippen MR) is 69.2 cm³/mol. The highest BCUT2D eigenvalue weighted by molar-refractivity contribution is 7.89. The van der Waals surface area contributed by atoms with Crippen LogP contribution in [0.3, 0.4) is 0 Å². The van der Waals surface area contributed by atoms with Crippen LogP contribution in [0.25, 0.3) is 0 Å². The van der Waals surface area contributed by atoms with Crippen molar-refractivity contribution in [2.75, 3.05) is 18.4 Å². The minimum Gasteiger partial charge on any atom is -0.369 e. The molecule has 0 amide bonds. The highest BCUT2D eigenvalue weighted by Crippen LogP contribution is 2.22. The lowest BCUT2D eigenvalue weighted by atomic mass is 10.4. The maximum Gasteiger partial charge on any atom is 0.251 e. The quantitative estimate of drug-likeness (QED) is 0.808. The number of alkyl halides is 2. The summed E-state index contributed by atoms with van der Waals surface area (Å²) in [6.45, 7) is 1.65. The van der Waals surface area contributed by atoms with E-state index < -0.39 is 23.0 Å². The van der Waals surface area contributed by atoms with Gasteiger partial charge in [0.25, 0.3) is 6.43 Å². The molecule has 0 saturated carbocycles. The first-order valence-electron chi connectivity index (χ1n) is 5.54. The van der Waals surface area contributed by atoms with Gasteiger partial charge in [0.05, 0.1) is 11.6 Å². The standard InChI is InChI=1S/C10H14ClF2N3O2S/c1-2-3-14-10-8(11)4-7(5-15-10)19(17,18)16-6-9(12)13/h4-5,9,16H,2-3,6H2,1H3,(H,14,15). The Bertz CT molecular complexity index is 526. The third-order valence-electron chi connectivity index (χ3n) is 2.10. The zero-order valence-electron chi connectivity index (χ0n) is 10.2. The van der Waals surface area contributed by atoms with E-state index in [1.165, 1.54) is 6.07 Å². The molecule has 1 heterocycles. The molecule has 2 N–H and O–H groups in total. The Morgan fingerprint density at radius 1 is 1.47 bits per heavy atom. The third-order valence-corrected chi connectivity index (χ3v) is 3.78. The molecule has 0 aromatic carbocycles. The number of aromatic nitrogens is 1. The number of hydrogen-bond acceptors (Lipinski definition) is 4. The summed E-state index contributed by atoms with van der Waals surface area (Å²) >= 11 is 5.87. The minimum atomic E-state index is -4.02. The second-order valence-corrected chi connectivity index (χ2v) is 5.85. The van der Waals surface area contributed by atoms with Crippen LogP contribution in [0.5, 0.6) is 0 Å². The molecule has 0 atom stereocenters. The Balaban J connectivity index is 2.87. The van der Waals surface area contributed by atoms with Crippen LogP contribution >= 0.6 is 11.6 Å². The number of pyridine rings is 1. The largest absolute Gasteiger partial charge is 0.369 e. The average Bonchev–Trinajstić information content (AvgIpc) is 2.35. The van der Waals surface area contributed by atoms with Gasteiger partial charge in [-0.3, -0.25) is 0 Å². The first kappa shape index (κ1) is 16.1. The van der Waals surface area contributed by atoms with Crippen molar-refractivity contribution in [1.82, 2.24) is 9.71 Å². The van der Waals surface area contributed by atoms with E-state index in [1.807, 2.05) is 6.92 Å². The molecule has 0 aliphatic heterocycles. The molecule has 0 spiro atoms. The zero-order valence-corrected chi connectivity index (χ0v) is 11.7. The first-order valence-corrected chi connectivity index (χ1v) is 7.40. The van der Waals surface area contributed by atoms with Crippen LogP contribution in [0, 0.1) is 0 Å². The zero-order chi connectivity index (χ0) is 14.5. The van der Waals surface area contributed by atoms with E-state index in [9.17, 15) is 17.2 Å². The Kier molecular flexibility index (Phi) is 5.89. The van der Waals surface area contributed by atoms with Crippen molar-refractivity contribution in [3.8, 4) is 0 Å². The SMILES string of the molecule is CCCNc1ncc(S(=O)(=O)NCC(F)F)cc1Cl. The normalized spacial score (nSPS) is 11.8. The van der Waals surface area contributed by atoms with Crippen LogP contribution in [0.1, 0.15) is 13.3 Å². The van der Waals surface area contributed by atoms with Crippen LogP contribution in [0.15, 0.2) is 17.2 Å². The van der Waals surface area contributed by atoms with Crippen LogP contribution in [0.2, 0.25) is 5.02 Å². The van der Waals surface area contributed by atoms with E-state index in [1.54, 1.807) is 4.72 Å². The van der Waals surface area contributed by atoms with Crippen molar-refractivity contribution in [3.05, 3.63) is 17.3 Å².